The van der Waals surface area contributed by atoms with Gasteiger partial charge in [0, 0.05) is 17.0 Å². The van der Waals surface area contributed by atoms with Crippen molar-refractivity contribution in [3.05, 3.63) is 15.6 Å². The Bertz CT molecular complexity index is 320. The van der Waals surface area contributed by atoms with Gasteiger partial charge < -0.3 is 5.32 Å². The molecule has 0 fully saturated rings. The fraction of sp³-hybridized carbons (Fsp3) is 0.750. The van der Waals surface area contributed by atoms with E-state index in [2.05, 4.69) is 31.1 Å². The van der Waals surface area contributed by atoms with E-state index in [9.17, 15) is 0 Å². The number of aromatic nitrogens is 1. The van der Waals surface area contributed by atoms with Gasteiger partial charge in [-0.15, -0.1) is 11.3 Å². The van der Waals surface area contributed by atoms with E-state index in [0.29, 0.717) is 0 Å². The van der Waals surface area contributed by atoms with Crippen LogP contribution in [0.2, 0.25) is 0 Å². The predicted molar refractivity (Wildman–Crippen MR) is 65.3 cm³/mol. The molecule has 1 heterocycles. The lowest BCUT2D eigenvalue weighted by molar-refractivity contribution is 0.374. The molecule has 0 aromatic carbocycles. The number of nitrogens with zero attached hydrogens (tertiary/aromatic N) is 1. The van der Waals surface area contributed by atoms with Gasteiger partial charge in [0.15, 0.2) is 0 Å². The van der Waals surface area contributed by atoms with Crippen molar-refractivity contribution in [2.24, 2.45) is 0 Å². The van der Waals surface area contributed by atoms with Crippen LogP contribution in [0.1, 0.15) is 49.2 Å². The number of hydrogen-bond acceptors (Lipinski definition) is 3. The van der Waals surface area contributed by atoms with Crippen LogP contribution >= 0.6 is 11.3 Å². The zero-order valence-corrected chi connectivity index (χ0v) is 10.7. The van der Waals surface area contributed by atoms with Crippen molar-refractivity contribution in [2.45, 2.75) is 58.5 Å². The van der Waals surface area contributed by atoms with Crippen LogP contribution in [-0.4, -0.2) is 10.5 Å². The number of fused-ring (bicyclic) bond motifs is 1. The van der Waals surface area contributed by atoms with E-state index in [-0.39, 0.29) is 5.54 Å². The van der Waals surface area contributed by atoms with E-state index in [1.54, 1.807) is 0 Å². The summed E-state index contributed by atoms with van der Waals surface area (Å²) in [5.41, 5.74) is 1.60. The van der Waals surface area contributed by atoms with E-state index in [1.807, 2.05) is 11.3 Å². The molecule has 1 aromatic rings. The highest BCUT2D eigenvalue weighted by Crippen LogP contribution is 2.27. The van der Waals surface area contributed by atoms with Crippen molar-refractivity contribution in [3.63, 3.8) is 0 Å². The van der Waals surface area contributed by atoms with E-state index in [4.69, 9.17) is 0 Å². The highest BCUT2D eigenvalue weighted by molar-refractivity contribution is 7.11. The largest absolute Gasteiger partial charge is 0.305 e. The van der Waals surface area contributed by atoms with Crippen molar-refractivity contribution in [1.82, 2.24) is 10.3 Å². The number of nitrogens with one attached hydrogen (secondary N) is 1. The molecule has 1 aliphatic carbocycles. The lowest BCUT2D eigenvalue weighted by Crippen LogP contribution is -2.37. The first kappa shape index (κ1) is 11.1. The highest BCUT2D eigenvalue weighted by Gasteiger charge is 2.18. The molecule has 0 amide bonds. The molecular weight excluding hydrogens is 204 g/mol. The van der Waals surface area contributed by atoms with E-state index < -0.39 is 0 Å². The van der Waals surface area contributed by atoms with Crippen LogP contribution in [0.15, 0.2) is 0 Å². The van der Waals surface area contributed by atoms with Crippen LogP contribution in [0, 0.1) is 0 Å². The summed E-state index contributed by atoms with van der Waals surface area (Å²) in [6, 6.07) is 0. The third kappa shape index (κ3) is 2.58. The monoisotopic (exact) mass is 224 g/mol. The summed E-state index contributed by atoms with van der Waals surface area (Å²) in [5.74, 6) is 0. The first-order chi connectivity index (χ1) is 7.11. The Hall–Kier alpha value is -0.410. The molecule has 1 aromatic heterocycles. The molecule has 3 heteroatoms. The third-order valence-corrected chi connectivity index (χ3v) is 4.40. The quantitative estimate of drug-likeness (QED) is 0.850. The van der Waals surface area contributed by atoms with Crippen molar-refractivity contribution >= 4 is 11.3 Å². The number of rotatable bonds is 4. The van der Waals surface area contributed by atoms with Gasteiger partial charge in [-0.25, -0.2) is 4.98 Å². The van der Waals surface area contributed by atoms with Gasteiger partial charge in [0.2, 0.25) is 0 Å². The first-order valence-electron chi connectivity index (χ1n) is 5.83. The maximum atomic E-state index is 4.68. The second kappa shape index (κ2) is 4.22. The molecule has 15 heavy (non-hydrogen) atoms. The molecule has 0 bridgehead atoms. The lowest BCUT2D eigenvalue weighted by atomic mass is 10.0. The minimum absolute atomic E-state index is 0.232. The Balaban J connectivity index is 1.94. The van der Waals surface area contributed by atoms with Crippen molar-refractivity contribution in [3.8, 4) is 0 Å². The molecule has 1 aliphatic rings. The van der Waals surface area contributed by atoms with Gasteiger partial charge in [-0.1, -0.05) is 6.92 Å². The van der Waals surface area contributed by atoms with E-state index in [0.717, 1.165) is 13.0 Å². The van der Waals surface area contributed by atoms with Gasteiger partial charge >= 0.3 is 0 Å². The van der Waals surface area contributed by atoms with Gasteiger partial charge in [-0.2, -0.15) is 0 Å². The minimum Gasteiger partial charge on any atom is -0.305 e. The standard InChI is InChI=1S/C12H20N2S/c1-4-12(2,3)13-8-11-14-9-6-5-7-10(9)15-11/h13H,4-8H2,1-3H3. The van der Waals surface area contributed by atoms with Crippen molar-refractivity contribution in [2.75, 3.05) is 0 Å². The first-order valence-corrected chi connectivity index (χ1v) is 6.65. The van der Waals surface area contributed by atoms with Gasteiger partial charge in [0.1, 0.15) is 5.01 Å². The molecule has 0 unspecified atom stereocenters. The molecule has 0 saturated carbocycles. The fourth-order valence-corrected chi connectivity index (χ4v) is 2.86. The summed E-state index contributed by atoms with van der Waals surface area (Å²) >= 11 is 1.90. The molecule has 2 nitrogen and oxygen atoms in total. The second-order valence-corrected chi connectivity index (χ2v) is 6.09. The van der Waals surface area contributed by atoms with E-state index >= 15 is 0 Å². The van der Waals surface area contributed by atoms with Crippen LogP contribution in [0.4, 0.5) is 0 Å². The third-order valence-electron chi connectivity index (χ3n) is 3.24. The number of thiazole rings is 1. The molecule has 1 N–H and O–H groups in total. The summed E-state index contributed by atoms with van der Waals surface area (Å²) in [6.07, 6.45) is 4.91. The van der Waals surface area contributed by atoms with Crippen LogP contribution in [0.25, 0.3) is 0 Å². The molecule has 0 atom stereocenters. The smallest absolute Gasteiger partial charge is 0.107 e. The Morgan fingerprint density at radius 1 is 1.40 bits per heavy atom. The van der Waals surface area contributed by atoms with Crippen LogP contribution in [0.3, 0.4) is 0 Å². The number of aryl methyl sites for hydroxylation is 2. The Labute approximate surface area is 96.1 Å². The topological polar surface area (TPSA) is 24.9 Å². The predicted octanol–water partition coefficient (Wildman–Crippen LogP) is 2.91. The molecule has 0 radical (unpaired) electrons. The Morgan fingerprint density at radius 2 is 2.20 bits per heavy atom. The van der Waals surface area contributed by atoms with E-state index in [1.165, 1.54) is 34.8 Å². The minimum atomic E-state index is 0.232. The zero-order chi connectivity index (χ0) is 10.9. The second-order valence-electron chi connectivity index (χ2n) is 4.92. The fourth-order valence-electron chi connectivity index (χ4n) is 1.76. The Morgan fingerprint density at radius 3 is 2.87 bits per heavy atom. The summed E-state index contributed by atoms with van der Waals surface area (Å²) in [7, 11) is 0. The highest BCUT2D eigenvalue weighted by atomic mass is 32.1. The van der Waals surface area contributed by atoms with Gasteiger partial charge in [0.25, 0.3) is 0 Å². The van der Waals surface area contributed by atoms with Crippen LogP contribution in [0.5, 0.6) is 0 Å². The van der Waals surface area contributed by atoms with Gasteiger partial charge in [-0.05, 0) is 39.5 Å². The van der Waals surface area contributed by atoms with Crippen LogP contribution in [-0.2, 0) is 19.4 Å². The normalized spacial score (nSPS) is 15.7. The molecule has 0 saturated heterocycles. The molecule has 84 valence electrons. The van der Waals surface area contributed by atoms with Crippen molar-refractivity contribution in [1.29, 1.82) is 0 Å². The lowest BCUT2D eigenvalue weighted by Gasteiger charge is -2.23. The average Bonchev–Trinajstić information content (AvgIpc) is 2.74. The van der Waals surface area contributed by atoms with Crippen molar-refractivity contribution < 1.29 is 0 Å². The molecule has 0 spiro atoms. The SMILES string of the molecule is CCC(C)(C)NCc1nc2c(s1)CCC2. The van der Waals surface area contributed by atoms with Crippen LogP contribution < -0.4 is 5.32 Å². The van der Waals surface area contributed by atoms with Gasteiger partial charge in [0.05, 0.1) is 5.69 Å². The molecule has 0 aliphatic heterocycles. The maximum absolute atomic E-state index is 4.68. The average molecular weight is 224 g/mol. The Kier molecular flexibility index (Phi) is 3.12. The molecular formula is C12H20N2S. The summed E-state index contributed by atoms with van der Waals surface area (Å²) in [4.78, 5) is 6.21. The summed E-state index contributed by atoms with van der Waals surface area (Å²) in [5, 5.41) is 4.83. The molecule has 2 rings (SSSR count). The van der Waals surface area contributed by atoms with Gasteiger partial charge in [-0.3, -0.25) is 0 Å². The summed E-state index contributed by atoms with van der Waals surface area (Å²) < 4.78 is 0. The number of hydrogen-bond donors (Lipinski definition) is 1. The zero-order valence-electron chi connectivity index (χ0n) is 9.89. The maximum Gasteiger partial charge on any atom is 0.107 e. The summed E-state index contributed by atoms with van der Waals surface area (Å²) in [6.45, 7) is 7.63.